The average molecular weight is 596 g/mol. The largest absolute Gasteiger partial charge is 0.504 e. The molecule has 2 atom stereocenters. The monoisotopic (exact) mass is 595 g/mol. The molecule has 0 radical (unpaired) electrons. The molecule has 0 heterocycles. The van der Waals surface area contributed by atoms with Gasteiger partial charge in [-0.05, 0) is 67.4 Å². The van der Waals surface area contributed by atoms with Gasteiger partial charge in [0.25, 0.3) is 5.91 Å². The SMILES string of the molecule is COc1ccc([C@@H](OC(=O)NC(=O)c2ccccc2)[C@@H](CC/C=C/C(=O)Nc2ccccc2N)Oc2ccccc2)cc1O. The van der Waals surface area contributed by atoms with Gasteiger partial charge in [-0.15, -0.1) is 0 Å². The lowest BCUT2D eigenvalue weighted by Crippen LogP contribution is -2.36. The zero-order chi connectivity index (χ0) is 31.3. The molecule has 3 amide bonds. The Morgan fingerprint density at radius 2 is 1.59 bits per heavy atom. The Morgan fingerprint density at radius 3 is 2.27 bits per heavy atom. The van der Waals surface area contributed by atoms with Crippen LogP contribution >= 0.6 is 0 Å². The van der Waals surface area contributed by atoms with Crippen molar-refractivity contribution in [3.8, 4) is 17.2 Å². The van der Waals surface area contributed by atoms with Crippen molar-refractivity contribution >= 4 is 29.3 Å². The first-order chi connectivity index (χ1) is 21.3. The Balaban J connectivity index is 1.56. The number of para-hydroxylation sites is 3. The Bertz CT molecular complexity index is 1590. The minimum atomic E-state index is -1.08. The van der Waals surface area contributed by atoms with Gasteiger partial charge in [0, 0.05) is 11.1 Å². The molecule has 0 aliphatic rings. The summed E-state index contributed by atoms with van der Waals surface area (Å²) in [6.07, 6.45) is 0.785. The van der Waals surface area contributed by atoms with Crippen molar-refractivity contribution in [2.24, 2.45) is 0 Å². The Morgan fingerprint density at radius 1 is 0.909 bits per heavy atom. The fourth-order valence-corrected chi connectivity index (χ4v) is 4.32. The van der Waals surface area contributed by atoms with Gasteiger partial charge >= 0.3 is 6.09 Å². The fraction of sp³-hybridized carbons (Fsp3) is 0.147. The van der Waals surface area contributed by atoms with Gasteiger partial charge in [0.2, 0.25) is 5.91 Å². The third kappa shape index (κ3) is 8.86. The molecule has 0 unspecified atom stereocenters. The molecule has 44 heavy (non-hydrogen) atoms. The normalized spacial score (nSPS) is 12.1. The second-order valence-electron chi connectivity index (χ2n) is 9.60. The van der Waals surface area contributed by atoms with Crippen molar-refractivity contribution in [3.05, 3.63) is 126 Å². The van der Waals surface area contributed by atoms with E-state index < -0.39 is 24.2 Å². The van der Waals surface area contributed by atoms with Gasteiger partial charge < -0.3 is 30.4 Å². The van der Waals surface area contributed by atoms with E-state index in [4.69, 9.17) is 19.9 Å². The first-order valence-electron chi connectivity index (χ1n) is 13.8. The minimum absolute atomic E-state index is 0.172. The molecule has 4 rings (SSSR count). The van der Waals surface area contributed by atoms with Gasteiger partial charge in [-0.1, -0.05) is 60.7 Å². The molecule has 0 fully saturated rings. The number of benzene rings is 4. The number of nitrogen functional groups attached to an aromatic ring is 1. The molecular formula is C34H33N3O7. The van der Waals surface area contributed by atoms with E-state index in [9.17, 15) is 19.5 Å². The number of anilines is 2. The van der Waals surface area contributed by atoms with E-state index in [0.717, 1.165) is 0 Å². The second kappa shape index (κ2) is 15.5. The van der Waals surface area contributed by atoms with Crippen LogP contribution in [0, 0.1) is 0 Å². The summed E-state index contributed by atoms with van der Waals surface area (Å²) in [7, 11) is 1.42. The summed E-state index contributed by atoms with van der Waals surface area (Å²) < 4.78 is 17.2. The fourth-order valence-electron chi connectivity index (χ4n) is 4.32. The highest BCUT2D eigenvalue weighted by Crippen LogP contribution is 2.34. The molecule has 0 aromatic heterocycles. The first kappa shape index (κ1) is 31.2. The number of amides is 3. The summed E-state index contributed by atoms with van der Waals surface area (Å²) >= 11 is 0. The number of imide groups is 1. The number of hydrogen-bond acceptors (Lipinski definition) is 8. The smallest absolute Gasteiger partial charge is 0.414 e. The summed E-state index contributed by atoms with van der Waals surface area (Å²) in [4.78, 5) is 38.2. The summed E-state index contributed by atoms with van der Waals surface area (Å²) in [5.41, 5.74) is 7.52. The Kier molecular flexibility index (Phi) is 10.9. The van der Waals surface area contributed by atoms with Crippen LogP contribution in [-0.2, 0) is 9.53 Å². The molecule has 10 heteroatoms. The highest BCUT2D eigenvalue weighted by molar-refractivity contribution is 6.03. The lowest BCUT2D eigenvalue weighted by molar-refractivity contribution is -0.111. The number of hydrogen-bond donors (Lipinski definition) is 4. The Hall–Kier alpha value is -5.77. The van der Waals surface area contributed by atoms with Crippen molar-refractivity contribution in [3.63, 3.8) is 0 Å². The maximum atomic E-state index is 13.0. The van der Waals surface area contributed by atoms with Crippen LogP contribution in [0.15, 0.2) is 115 Å². The first-order valence-corrected chi connectivity index (χ1v) is 13.8. The number of rotatable bonds is 12. The number of phenols is 1. The molecule has 0 spiro atoms. The molecule has 226 valence electrons. The third-order valence-corrected chi connectivity index (χ3v) is 6.49. The van der Waals surface area contributed by atoms with E-state index in [1.807, 2.05) is 6.07 Å². The summed E-state index contributed by atoms with van der Waals surface area (Å²) in [5.74, 6) is -0.444. The zero-order valence-electron chi connectivity index (χ0n) is 24.0. The van der Waals surface area contributed by atoms with E-state index in [2.05, 4.69) is 10.6 Å². The maximum absolute atomic E-state index is 13.0. The van der Waals surface area contributed by atoms with E-state index in [-0.39, 0.29) is 29.4 Å². The van der Waals surface area contributed by atoms with Gasteiger partial charge in [0.1, 0.15) is 11.9 Å². The number of alkyl carbamates (subject to hydrolysis) is 1. The molecule has 0 bridgehead atoms. The number of phenolic OH excluding ortho intramolecular Hbond substituents is 1. The highest BCUT2D eigenvalue weighted by atomic mass is 16.6. The number of carbonyl (C=O) groups excluding carboxylic acids is 3. The number of aromatic hydroxyl groups is 1. The van der Waals surface area contributed by atoms with Crippen LogP contribution in [0.1, 0.15) is 34.9 Å². The number of nitrogens with one attached hydrogen (secondary N) is 2. The van der Waals surface area contributed by atoms with Crippen LogP contribution < -0.4 is 25.8 Å². The van der Waals surface area contributed by atoms with Crippen LogP contribution in [0.5, 0.6) is 17.2 Å². The van der Waals surface area contributed by atoms with E-state index in [1.54, 1.807) is 91.0 Å². The quantitative estimate of drug-likeness (QED) is 0.115. The molecule has 0 aliphatic carbocycles. The molecule has 0 aliphatic heterocycles. The highest BCUT2D eigenvalue weighted by Gasteiger charge is 2.30. The number of nitrogens with two attached hydrogens (primary N) is 1. The van der Waals surface area contributed by atoms with Gasteiger partial charge in [-0.2, -0.15) is 0 Å². The summed E-state index contributed by atoms with van der Waals surface area (Å²) in [6, 6.07) is 28.7. The Labute approximate surface area is 255 Å². The van der Waals surface area contributed by atoms with E-state index in [0.29, 0.717) is 29.1 Å². The van der Waals surface area contributed by atoms with Crippen LogP contribution in [0.2, 0.25) is 0 Å². The van der Waals surface area contributed by atoms with Crippen molar-refractivity contribution in [1.29, 1.82) is 0 Å². The number of carbonyl (C=O) groups is 3. The zero-order valence-corrected chi connectivity index (χ0v) is 24.0. The van der Waals surface area contributed by atoms with Crippen LogP contribution in [0.25, 0.3) is 0 Å². The maximum Gasteiger partial charge on any atom is 0.414 e. The van der Waals surface area contributed by atoms with Gasteiger partial charge in [-0.25, -0.2) is 4.79 Å². The standard InChI is InChI=1S/C34H33N3O7/c1-42-29-21-20-24(22-28(29)38)32(44-34(41)37-33(40)23-12-4-2-5-13-23)30(43-25-14-6-3-7-15-25)18-10-11-19-31(39)36-27-17-9-8-16-26(27)35/h2-9,11-17,19-22,30,32,38H,10,18,35H2,1H3,(H,36,39)(H,37,40,41)/b19-11+/t30-,32-/m1/s1. The van der Waals surface area contributed by atoms with E-state index >= 15 is 0 Å². The molecule has 0 saturated carbocycles. The average Bonchev–Trinajstić information content (AvgIpc) is 3.03. The van der Waals surface area contributed by atoms with Gasteiger partial charge in [0.05, 0.1) is 18.5 Å². The molecular weight excluding hydrogens is 562 g/mol. The van der Waals surface area contributed by atoms with Gasteiger partial charge in [0.15, 0.2) is 17.6 Å². The van der Waals surface area contributed by atoms with Gasteiger partial charge in [-0.3, -0.25) is 14.9 Å². The second-order valence-corrected chi connectivity index (χ2v) is 9.60. The van der Waals surface area contributed by atoms with Crippen LogP contribution in [0.3, 0.4) is 0 Å². The summed E-state index contributed by atoms with van der Waals surface area (Å²) in [6.45, 7) is 0. The van der Waals surface area contributed by atoms with E-state index in [1.165, 1.54) is 25.3 Å². The number of methoxy groups -OCH3 is 1. The molecule has 4 aromatic carbocycles. The topological polar surface area (TPSA) is 149 Å². The van der Waals surface area contributed by atoms with Crippen molar-refractivity contribution in [2.75, 3.05) is 18.2 Å². The molecule has 4 aromatic rings. The van der Waals surface area contributed by atoms with Crippen molar-refractivity contribution < 1.29 is 33.7 Å². The van der Waals surface area contributed by atoms with Crippen LogP contribution in [-0.4, -0.2) is 36.2 Å². The lowest BCUT2D eigenvalue weighted by Gasteiger charge is -2.28. The summed E-state index contributed by atoms with van der Waals surface area (Å²) in [5, 5.41) is 15.5. The van der Waals surface area contributed by atoms with Crippen LogP contribution in [0.4, 0.5) is 16.2 Å². The minimum Gasteiger partial charge on any atom is -0.504 e. The lowest BCUT2D eigenvalue weighted by atomic mass is 9.99. The number of ether oxygens (including phenoxy) is 3. The predicted molar refractivity (Wildman–Crippen MR) is 167 cm³/mol. The van der Waals surface area contributed by atoms with Crippen molar-refractivity contribution in [2.45, 2.75) is 25.0 Å². The molecule has 10 nitrogen and oxygen atoms in total. The van der Waals surface area contributed by atoms with Crippen molar-refractivity contribution in [1.82, 2.24) is 5.32 Å². The molecule has 0 saturated heterocycles. The third-order valence-electron chi connectivity index (χ3n) is 6.49. The predicted octanol–water partition coefficient (Wildman–Crippen LogP) is 6.01. The molecule has 5 N–H and O–H groups in total. The number of allylic oxidation sites excluding steroid dienone is 1.